The Morgan fingerprint density at radius 2 is 1.69 bits per heavy atom. The topological polar surface area (TPSA) is 86.8 Å². The number of rotatable bonds is 5. The number of carbonyl (C=O) groups excluding carboxylic acids is 2. The van der Waals surface area contributed by atoms with Gasteiger partial charge in [0.15, 0.2) is 0 Å². The third-order valence-corrected chi connectivity index (χ3v) is 8.18. The van der Waals surface area contributed by atoms with E-state index in [2.05, 4.69) is 4.72 Å². The lowest BCUT2D eigenvalue weighted by Gasteiger charge is -2.47. The predicted octanol–water partition coefficient (Wildman–Crippen LogP) is 3.15. The van der Waals surface area contributed by atoms with Crippen molar-refractivity contribution >= 4 is 33.4 Å². The highest BCUT2D eigenvalue weighted by Gasteiger charge is 2.55. The highest BCUT2D eigenvalue weighted by molar-refractivity contribution is 7.89. The number of sulfonamides is 1. The molecule has 1 unspecified atom stereocenters. The van der Waals surface area contributed by atoms with Crippen molar-refractivity contribution in [1.82, 2.24) is 14.5 Å². The summed E-state index contributed by atoms with van der Waals surface area (Å²) in [6, 6.07) is 18.6. The molecule has 2 aliphatic rings. The maximum atomic E-state index is 13.5. The summed E-state index contributed by atoms with van der Waals surface area (Å²) in [7, 11) is -4.04. The Balaban J connectivity index is 1.49. The second-order valence-corrected chi connectivity index (χ2v) is 10.6. The molecule has 1 atom stereocenters. The van der Waals surface area contributed by atoms with Gasteiger partial charge in [-0.15, -0.1) is 0 Å². The highest BCUT2D eigenvalue weighted by atomic mass is 35.5. The molecule has 7 nitrogen and oxygen atoms in total. The van der Waals surface area contributed by atoms with Crippen LogP contribution < -0.4 is 4.72 Å². The second-order valence-electron chi connectivity index (χ2n) is 8.44. The number of halogens is 2. The van der Waals surface area contributed by atoms with Crippen LogP contribution in [0.15, 0.2) is 77.7 Å². The Morgan fingerprint density at radius 1 is 1.00 bits per heavy atom. The lowest BCUT2D eigenvalue weighted by molar-refractivity contribution is -0.138. The molecule has 2 heterocycles. The van der Waals surface area contributed by atoms with Crippen LogP contribution in [0.2, 0.25) is 5.02 Å². The summed E-state index contributed by atoms with van der Waals surface area (Å²) in [4.78, 5) is 30.0. The fourth-order valence-corrected chi connectivity index (χ4v) is 5.98. The molecule has 0 spiro atoms. The zero-order valence-corrected chi connectivity index (χ0v) is 20.0. The molecule has 0 aliphatic carbocycles. The summed E-state index contributed by atoms with van der Waals surface area (Å²) < 4.78 is 40.8. The highest BCUT2D eigenvalue weighted by Crippen LogP contribution is 2.45. The third-order valence-electron chi connectivity index (χ3n) is 6.52. The molecular formula is C25H21ClFN3O4S. The molecule has 0 saturated carbocycles. The van der Waals surface area contributed by atoms with E-state index in [1.807, 2.05) is 12.1 Å². The largest absolute Gasteiger partial charge is 0.312 e. The van der Waals surface area contributed by atoms with Crippen LogP contribution in [0.5, 0.6) is 0 Å². The minimum absolute atomic E-state index is 0.149. The van der Waals surface area contributed by atoms with Crippen molar-refractivity contribution in [3.63, 3.8) is 0 Å². The van der Waals surface area contributed by atoms with Crippen LogP contribution in [0.25, 0.3) is 0 Å². The molecule has 0 radical (unpaired) electrons. The second kappa shape index (κ2) is 8.75. The van der Waals surface area contributed by atoms with E-state index in [1.165, 1.54) is 0 Å². The summed E-state index contributed by atoms with van der Waals surface area (Å²) in [5.74, 6) is -1.24. The van der Waals surface area contributed by atoms with Gasteiger partial charge in [0, 0.05) is 30.1 Å². The van der Waals surface area contributed by atoms with Gasteiger partial charge in [-0.2, -0.15) is 0 Å². The standard InChI is InChI=1S/C25H21ClFN3O4S/c26-19-7-5-18(6-8-19)25-15-17-3-1-2-4-22(17)24(32)30(25)14-13-29(25)23(31)16-28-35(33,34)21-11-9-20(27)10-12-21/h1-12,28H,13-16H2. The van der Waals surface area contributed by atoms with E-state index in [9.17, 15) is 22.4 Å². The first-order valence-corrected chi connectivity index (χ1v) is 12.8. The van der Waals surface area contributed by atoms with E-state index < -0.39 is 34.0 Å². The summed E-state index contributed by atoms with van der Waals surface area (Å²) in [5, 5.41) is 0.516. The van der Waals surface area contributed by atoms with Crippen LogP contribution in [0.4, 0.5) is 4.39 Å². The molecule has 3 aromatic rings. The normalized spacial score (nSPS) is 19.4. The van der Waals surface area contributed by atoms with Crippen molar-refractivity contribution in [1.29, 1.82) is 0 Å². The summed E-state index contributed by atoms with van der Waals surface area (Å²) in [6.45, 7) is 0.0183. The molecule has 2 amide bonds. The van der Waals surface area contributed by atoms with Crippen molar-refractivity contribution in [3.8, 4) is 0 Å². The van der Waals surface area contributed by atoms with Gasteiger partial charge in [-0.3, -0.25) is 9.59 Å². The van der Waals surface area contributed by atoms with Crippen molar-refractivity contribution in [3.05, 3.63) is 100 Å². The lowest BCUT2D eigenvalue weighted by atomic mass is 9.83. The average molecular weight is 514 g/mol. The van der Waals surface area contributed by atoms with Crippen molar-refractivity contribution in [2.24, 2.45) is 0 Å². The van der Waals surface area contributed by atoms with E-state index in [-0.39, 0.29) is 17.3 Å². The molecule has 10 heteroatoms. The smallest absolute Gasteiger partial charge is 0.256 e. The number of nitrogens with zero attached hydrogens (tertiary/aromatic N) is 2. The lowest BCUT2D eigenvalue weighted by Crippen LogP contribution is -2.59. The molecule has 0 bridgehead atoms. The maximum absolute atomic E-state index is 13.5. The molecule has 180 valence electrons. The van der Waals surface area contributed by atoms with Crippen LogP contribution in [-0.2, 0) is 26.9 Å². The summed E-state index contributed by atoms with van der Waals surface area (Å²) >= 11 is 6.11. The predicted molar refractivity (Wildman–Crippen MR) is 128 cm³/mol. The van der Waals surface area contributed by atoms with Gasteiger partial charge in [-0.1, -0.05) is 41.9 Å². The molecule has 1 fully saturated rings. The molecular weight excluding hydrogens is 493 g/mol. The summed E-state index contributed by atoms with van der Waals surface area (Å²) in [5.41, 5.74) is 0.977. The molecule has 2 aliphatic heterocycles. The van der Waals surface area contributed by atoms with Gasteiger partial charge in [0.2, 0.25) is 15.9 Å². The molecule has 5 rings (SSSR count). The van der Waals surface area contributed by atoms with Crippen LogP contribution in [0.1, 0.15) is 21.5 Å². The average Bonchev–Trinajstić information content (AvgIpc) is 3.24. The van der Waals surface area contributed by atoms with Gasteiger partial charge in [0.25, 0.3) is 5.91 Å². The first-order valence-electron chi connectivity index (χ1n) is 10.9. The van der Waals surface area contributed by atoms with Gasteiger partial charge in [-0.05, 0) is 53.6 Å². The molecule has 0 aromatic heterocycles. The number of nitrogens with one attached hydrogen (secondary N) is 1. The zero-order chi connectivity index (χ0) is 24.8. The Hall–Kier alpha value is -3.27. The third kappa shape index (κ3) is 3.99. The zero-order valence-electron chi connectivity index (χ0n) is 18.4. The maximum Gasteiger partial charge on any atom is 0.256 e. The first kappa shape index (κ1) is 23.5. The molecule has 3 aromatic carbocycles. The van der Waals surface area contributed by atoms with Gasteiger partial charge >= 0.3 is 0 Å². The monoisotopic (exact) mass is 513 g/mol. The number of fused-ring (bicyclic) bond motifs is 2. The van der Waals surface area contributed by atoms with E-state index in [1.54, 1.807) is 46.2 Å². The molecule has 35 heavy (non-hydrogen) atoms. The molecule has 1 N–H and O–H groups in total. The van der Waals surface area contributed by atoms with Crippen LogP contribution >= 0.6 is 11.6 Å². The number of hydrogen-bond donors (Lipinski definition) is 1. The number of amides is 2. The van der Waals surface area contributed by atoms with Crippen LogP contribution in [0.3, 0.4) is 0 Å². The van der Waals surface area contributed by atoms with Gasteiger partial charge in [-0.25, -0.2) is 17.5 Å². The Bertz CT molecular complexity index is 1410. The van der Waals surface area contributed by atoms with E-state index in [4.69, 9.17) is 11.6 Å². The van der Waals surface area contributed by atoms with Crippen molar-refractivity contribution in [2.45, 2.75) is 17.0 Å². The van der Waals surface area contributed by atoms with Gasteiger partial charge < -0.3 is 9.80 Å². The molecule has 1 saturated heterocycles. The minimum atomic E-state index is -4.04. The number of benzene rings is 3. The van der Waals surface area contributed by atoms with E-state index >= 15 is 0 Å². The van der Waals surface area contributed by atoms with Gasteiger partial charge in [0.1, 0.15) is 11.5 Å². The quantitative estimate of drug-likeness (QED) is 0.568. The Kier molecular flexibility index (Phi) is 5.86. The first-order chi connectivity index (χ1) is 16.7. The van der Waals surface area contributed by atoms with Crippen LogP contribution in [-0.4, -0.2) is 49.7 Å². The fraction of sp³-hybridized carbons (Fsp3) is 0.200. The van der Waals surface area contributed by atoms with E-state index in [0.29, 0.717) is 29.1 Å². The Morgan fingerprint density at radius 3 is 2.40 bits per heavy atom. The van der Waals surface area contributed by atoms with Crippen LogP contribution in [0, 0.1) is 5.82 Å². The fourth-order valence-electron chi connectivity index (χ4n) is 4.88. The Labute approximate surface area is 207 Å². The number of carbonyl (C=O) groups is 2. The van der Waals surface area contributed by atoms with E-state index in [0.717, 1.165) is 29.8 Å². The van der Waals surface area contributed by atoms with Gasteiger partial charge in [0.05, 0.1) is 11.4 Å². The summed E-state index contributed by atoms with van der Waals surface area (Å²) in [6.07, 6.45) is 0.354. The van der Waals surface area contributed by atoms with Crippen molar-refractivity contribution in [2.75, 3.05) is 19.6 Å². The van der Waals surface area contributed by atoms with Crippen molar-refractivity contribution < 1.29 is 22.4 Å². The minimum Gasteiger partial charge on any atom is -0.312 e. The number of hydrogen-bond acceptors (Lipinski definition) is 4. The SMILES string of the molecule is O=C(CNS(=O)(=O)c1ccc(F)cc1)N1CCN2C(=O)c3ccccc3CC12c1ccc(Cl)cc1.